The Labute approximate surface area is 179 Å². The van der Waals surface area contributed by atoms with Crippen LogP contribution in [0, 0.1) is 0 Å². The molecule has 0 fully saturated rings. The van der Waals surface area contributed by atoms with Crippen LogP contribution in [0.5, 0.6) is 0 Å². The van der Waals surface area contributed by atoms with Gasteiger partial charge in [-0.05, 0) is 68.1 Å². The predicted octanol–water partition coefficient (Wildman–Crippen LogP) is 5.55. The van der Waals surface area contributed by atoms with Gasteiger partial charge in [0, 0.05) is 17.7 Å². The van der Waals surface area contributed by atoms with E-state index < -0.39 is 23.3 Å². The molecule has 4 nitrogen and oxygen atoms in total. The van der Waals surface area contributed by atoms with Crippen molar-refractivity contribution < 1.29 is 27.5 Å². The minimum absolute atomic E-state index is 0.0143. The summed E-state index contributed by atoms with van der Waals surface area (Å²) in [6.07, 6.45) is -3.60. The number of alkyl halides is 3. The van der Waals surface area contributed by atoms with E-state index in [1.165, 1.54) is 17.0 Å². The Kier molecular flexibility index (Phi) is 5.98. The van der Waals surface area contributed by atoms with Gasteiger partial charge < -0.3 is 9.64 Å². The molecule has 0 unspecified atom stereocenters. The summed E-state index contributed by atoms with van der Waals surface area (Å²) in [5.74, 6) is -0.687. The quantitative estimate of drug-likeness (QED) is 0.471. The van der Waals surface area contributed by atoms with E-state index in [4.69, 9.17) is 4.74 Å². The number of benzene rings is 2. The number of amides is 1. The summed E-state index contributed by atoms with van der Waals surface area (Å²) < 4.78 is 43.7. The summed E-state index contributed by atoms with van der Waals surface area (Å²) in [5, 5.41) is 0. The number of carbonyl (C=O) groups excluding carboxylic acids is 2. The van der Waals surface area contributed by atoms with E-state index in [1.807, 2.05) is 6.07 Å². The van der Waals surface area contributed by atoms with E-state index in [0.717, 1.165) is 23.3 Å². The summed E-state index contributed by atoms with van der Waals surface area (Å²) in [4.78, 5) is 26.3. The number of ether oxygens (including phenoxy) is 1. The molecule has 1 amide bonds. The molecule has 2 aromatic rings. The van der Waals surface area contributed by atoms with E-state index in [0.29, 0.717) is 17.7 Å². The lowest BCUT2D eigenvalue weighted by Crippen LogP contribution is -2.38. The van der Waals surface area contributed by atoms with Crippen LogP contribution in [0.15, 0.2) is 54.6 Å². The molecule has 1 heterocycles. The van der Waals surface area contributed by atoms with E-state index in [1.54, 1.807) is 32.9 Å². The van der Waals surface area contributed by atoms with Gasteiger partial charge in [0.25, 0.3) is 0 Å². The molecule has 0 saturated heterocycles. The van der Waals surface area contributed by atoms with Gasteiger partial charge in [-0.15, -0.1) is 0 Å². The molecule has 0 spiro atoms. The Morgan fingerprint density at radius 3 is 2.23 bits per heavy atom. The van der Waals surface area contributed by atoms with Crippen molar-refractivity contribution >= 4 is 17.6 Å². The lowest BCUT2D eigenvalue weighted by Gasteiger charge is -2.30. The van der Waals surface area contributed by atoms with Gasteiger partial charge in [-0.1, -0.05) is 24.8 Å². The van der Waals surface area contributed by atoms with Gasteiger partial charge in [0.05, 0.1) is 12.1 Å². The number of rotatable bonds is 4. The third-order valence-electron chi connectivity index (χ3n) is 4.86. The van der Waals surface area contributed by atoms with Crippen molar-refractivity contribution in [3.63, 3.8) is 0 Å². The molecule has 0 radical (unpaired) electrons. The SMILES string of the molecule is C=C(CN1C(=O)CCc2cc(-c3ccc(C(F)(F)F)cc3)ccc21)C(=O)OC(C)(C)C. The van der Waals surface area contributed by atoms with Crippen LogP contribution >= 0.6 is 0 Å². The molecule has 164 valence electrons. The molecule has 0 bridgehead atoms. The van der Waals surface area contributed by atoms with E-state index in [-0.39, 0.29) is 24.4 Å². The molecular weight excluding hydrogens is 407 g/mol. The number of hydrogen-bond donors (Lipinski definition) is 0. The maximum absolute atomic E-state index is 12.8. The second-order valence-electron chi connectivity index (χ2n) is 8.50. The normalized spacial score (nSPS) is 14.3. The lowest BCUT2D eigenvalue weighted by atomic mass is 9.95. The van der Waals surface area contributed by atoms with E-state index >= 15 is 0 Å². The summed E-state index contributed by atoms with van der Waals surface area (Å²) in [6, 6.07) is 10.3. The van der Waals surface area contributed by atoms with Crippen molar-refractivity contribution in [1.82, 2.24) is 0 Å². The Morgan fingerprint density at radius 1 is 1.03 bits per heavy atom. The van der Waals surface area contributed by atoms with Crippen molar-refractivity contribution in [2.75, 3.05) is 11.4 Å². The lowest BCUT2D eigenvalue weighted by molar-refractivity contribution is -0.149. The summed E-state index contributed by atoms with van der Waals surface area (Å²) in [6.45, 7) is 9.04. The highest BCUT2D eigenvalue weighted by molar-refractivity contribution is 5.99. The minimum Gasteiger partial charge on any atom is -0.457 e. The predicted molar refractivity (Wildman–Crippen MR) is 113 cm³/mol. The Balaban J connectivity index is 1.83. The van der Waals surface area contributed by atoms with Crippen LogP contribution in [0.3, 0.4) is 0 Å². The van der Waals surface area contributed by atoms with E-state index in [9.17, 15) is 22.8 Å². The molecule has 3 rings (SSSR count). The van der Waals surface area contributed by atoms with Gasteiger partial charge in [0.15, 0.2) is 0 Å². The zero-order valence-electron chi connectivity index (χ0n) is 17.7. The van der Waals surface area contributed by atoms with Crippen LogP contribution in [0.1, 0.15) is 38.3 Å². The first kappa shape index (κ1) is 22.6. The number of hydrogen-bond acceptors (Lipinski definition) is 3. The van der Waals surface area contributed by atoms with Gasteiger partial charge in [0.2, 0.25) is 5.91 Å². The number of esters is 1. The molecule has 1 aliphatic rings. The number of fused-ring (bicyclic) bond motifs is 1. The Morgan fingerprint density at radius 2 is 1.65 bits per heavy atom. The Hall–Kier alpha value is -3.09. The fraction of sp³-hybridized carbons (Fsp3) is 0.333. The van der Waals surface area contributed by atoms with Crippen LogP contribution < -0.4 is 4.90 Å². The van der Waals surface area contributed by atoms with Crippen LogP contribution in [-0.2, 0) is 26.9 Å². The summed E-state index contributed by atoms with van der Waals surface area (Å²) in [5.41, 5.74) is 1.76. The van der Waals surface area contributed by atoms with Gasteiger partial charge in [-0.3, -0.25) is 4.79 Å². The topological polar surface area (TPSA) is 46.6 Å². The number of carbonyl (C=O) groups is 2. The molecule has 0 aliphatic carbocycles. The molecule has 1 aliphatic heterocycles. The highest BCUT2D eigenvalue weighted by atomic mass is 19.4. The zero-order chi connectivity index (χ0) is 23.0. The van der Waals surface area contributed by atoms with Crippen molar-refractivity contribution in [3.05, 3.63) is 65.7 Å². The largest absolute Gasteiger partial charge is 0.457 e. The molecule has 0 N–H and O–H groups in total. The maximum Gasteiger partial charge on any atom is 0.416 e. The summed E-state index contributed by atoms with van der Waals surface area (Å²) in [7, 11) is 0. The highest BCUT2D eigenvalue weighted by Crippen LogP contribution is 2.34. The van der Waals surface area contributed by atoms with Gasteiger partial charge in [-0.25, -0.2) is 4.79 Å². The number of nitrogens with zero attached hydrogens (tertiary/aromatic N) is 1. The fourth-order valence-electron chi connectivity index (χ4n) is 3.37. The average molecular weight is 431 g/mol. The van der Waals surface area contributed by atoms with Crippen molar-refractivity contribution in [3.8, 4) is 11.1 Å². The van der Waals surface area contributed by atoms with Crippen molar-refractivity contribution in [1.29, 1.82) is 0 Å². The second kappa shape index (κ2) is 8.21. The van der Waals surface area contributed by atoms with E-state index in [2.05, 4.69) is 6.58 Å². The van der Waals surface area contributed by atoms with Crippen LogP contribution in [-0.4, -0.2) is 24.0 Å². The molecule has 7 heteroatoms. The molecule has 2 aromatic carbocycles. The second-order valence-corrected chi connectivity index (χ2v) is 8.50. The molecule has 0 saturated carbocycles. The number of anilines is 1. The first-order valence-corrected chi connectivity index (χ1v) is 9.87. The van der Waals surface area contributed by atoms with Crippen LogP contribution in [0.25, 0.3) is 11.1 Å². The van der Waals surface area contributed by atoms with Gasteiger partial charge in [-0.2, -0.15) is 13.2 Å². The first-order chi connectivity index (χ1) is 14.3. The molecular formula is C24H24F3NO3. The third-order valence-corrected chi connectivity index (χ3v) is 4.86. The average Bonchev–Trinajstić information content (AvgIpc) is 2.68. The van der Waals surface area contributed by atoms with Crippen LogP contribution in [0.4, 0.5) is 18.9 Å². The monoisotopic (exact) mass is 431 g/mol. The van der Waals surface area contributed by atoms with Crippen molar-refractivity contribution in [2.24, 2.45) is 0 Å². The summed E-state index contributed by atoms with van der Waals surface area (Å²) >= 11 is 0. The Bertz CT molecular complexity index is 1020. The first-order valence-electron chi connectivity index (χ1n) is 9.87. The highest BCUT2D eigenvalue weighted by Gasteiger charge is 2.30. The van der Waals surface area contributed by atoms with Gasteiger partial charge >= 0.3 is 12.1 Å². The fourth-order valence-corrected chi connectivity index (χ4v) is 3.37. The third kappa shape index (κ3) is 5.34. The number of aryl methyl sites for hydroxylation is 1. The molecule has 0 atom stereocenters. The number of halogens is 3. The maximum atomic E-state index is 12.8. The molecule has 0 aromatic heterocycles. The van der Waals surface area contributed by atoms with Crippen molar-refractivity contribution in [2.45, 2.75) is 45.4 Å². The molecule has 31 heavy (non-hydrogen) atoms. The smallest absolute Gasteiger partial charge is 0.416 e. The zero-order valence-corrected chi connectivity index (χ0v) is 17.7. The van der Waals surface area contributed by atoms with Gasteiger partial charge in [0.1, 0.15) is 5.60 Å². The van der Waals surface area contributed by atoms with Crippen LogP contribution in [0.2, 0.25) is 0 Å². The standard InChI is InChI=1S/C24H24F3NO3/c1-15(22(30)31-23(2,3)4)14-28-20-11-7-17(13-18(20)8-12-21(28)29)16-5-9-19(10-6-16)24(25,26)27/h5-7,9-11,13H,1,8,12,14H2,2-4H3. The minimum atomic E-state index is -4.38.